The van der Waals surface area contributed by atoms with E-state index in [1.807, 2.05) is 12.1 Å². The number of piperazine rings is 1. The summed E-state index contributed by atoms with van der Waals surface area (Å²) in [5.74, 6) is 0. The molecule has 22 heavy (non-hydrogen) atoms. The first-order valence-corrected chi connectivity index (χ1v) is 7.53. The SMILES string of the molecule is Cc1c(Cl)c(CN2CCNC[C@H]2C)nc2ccccc12.Cl.Cl. The van der Waals surface area contributed by atoms with Crippen molar-refractivity contribution in [3.63, 3.8) is 0 Å². The second kappa shape index (κ2) is 8.32. The van der Waals surface area contributed by atoms with Gasteiger partial charge in [-0.1, -0.05) is 29.8 Å². The summed E-state index contributed by atoms with van der Waals surface area (Å²) in [5.41, 5.74) is 3.17. The summed E-state index contributed by atoms with van der Waals surface area (Å²) in [4.78, 5) is 7.21. The molecule has 0 aliphatic carbocycles. The minimum atomic E-state index is 0. The van der Waals surface area contributed by atoms with Crippen molar-refractivity contribution in [2.45, 2.75) is 26.4 Å². The van der Waals surface area contributed by atoms with Crippen LogP contribution in [0.4, 0.5) is 0 Å². The molecule has 1 aliphatic rings. The standard InChI is InChI=1S/C16H20ClN3.2ClH/c1-11-9-18-7-8-20(11)10-15-16(17)12(2)13-5-3-4-6-14(13)19-15;;/h3-6,11,18H,7-10H2,1-2H3;2*1H/t11-;;/m1../s1. The molecule has 0 amide bonds. The third-order valence-electron chi connectivity index (χ3n) is 4.14. The van der Waals surface area contributed by atoms with Gasteiger partial charge in [0.15, 0.2) is 0 Å². The Labute approximate surface area is 149 Å². The summed E-state index contributed by atoms with van der Waals surface area (Å²) in [6.45, 7) is 8.27. The fourth-order valence-corrected chi connectivity index (χ4v) is 3.04. The minimum absolute atomic E-state index is 0. The Bertz CT molecular complexity index is 633. The highest BCUT2D eigenvalue weighted by Gasteiger charge is 2.20. The smallest absolute Gasteiger partial charge is 0.0740 e. The molecule has 0 unspecified atom stereocenters. The van der Waals surface area contributed by atoms with Crippen LogP contribution in [-0.2, 0) is 6.54 Å². The van der Waals surface area contributed by atoms with E-state index < -0.39 is 0 Å². The summed E-state index contributed by atoms with van der Waals surface area (Å²) in [6, 6.07) is 8.73. The zero-order valence-corrected chi connectivity index (χ0v) is 15.2. The molecule has 1 fully saturated rings. The number of aromatic nitrogens is 1. The number of fused-ring (bicyclic) bond motifs is 1. The van der Waals surface area contributed by atoms with Gasteiger partial charge in [-0.2, -0.15) is 0 Å². The number of halogens is 3. The van der Waals surface area contributed by atoms with Crippen LogP contribution in [0.3, 0.4) is 0 Å². The Kier molecular flexibility index (Phi) is 7.36. The fraction of sp³-hybridized carbons (Fsp3) is 0.438. The molecule has 1 aromatic carbocycles. The Balaban J connectivity index is 0.00000121. The first-order valence-electron chi connectivity index (χ1n) is 7.15. The maximum atomic E-state index is 6.53. The topological polar surface area (TPSA) is 28.2 Å². The van der Waals surface area contributed by atoms with E-state index in [2.05, 4.69) is 36.2 Å². The number of aryl methyl sites for hydroxylation is 1. The largest absolute Gasteiger partial charge is 0.314 e. The van der Waals surface area contributed by atoms with Crippen molar-refractivity contribution in [2.24, 2.45) is 0 Å². The van der Waals surface area contributed by atoms with E-state index in [9.17, 15) is 0 Å². The highest BCUT2D eigenvalue weighted by molar-refractivity contribution is 6.32. The maximum absolute atomic E-state index is 6.53. The fourth-order valence-electron chi connectivity index (χ4n) is 2.83. The van der Waals surface area contributed by atoms with Crippen molar-refractivity contribution >= 4 is 47.3 Å². The lowest BCUT2D eigenvalue weighted by molar-refractivity contribution is 0.164. The van der Waals surface area contributed by atoms with Crippen molar-refractivity contribution in [1.82, 2.24) is 15.2 Å². The lowest BCUT2D eigenvalue weighted by atomic mass is 10.1. The Morgan fingerprint density at radius 1 is 1.32 bits per heavy atom. The molecule has 0 spiro atoms. The number of hydrogen-bond donors (Lipinski definition) is 1. The van der Waals surface area contributed by atoms with E-state index in [1.165, 1.54) is 0 Å². The monoisotopic (exact) mass is 361 g/mol. The Morgan fingerprint density at radius 3 is 2.77 bits per heavy atom. The zero-order valence-electron chi connectivity index (χ0n) is 12.8. The van der Waals surface area contributed by atoms with E-state index in [1.54, 1.807) is 0 Å². The van der Waals surface area contributed by atoms with Crippen LogP contribution < -0.4 is 5.32 Å². The van der Waals surface area contributed by atoms with Gasteiger partial charge >= 0.3 is 0 Å². The minimum Gasteiger partial charge on any atom is -0.314 e. The third-order valence-corrected chi connectivity index (χ3v) is 4.64. The summed E-state index contributed by atoms with van der Waals surface area (Å²) < 4.78 is 0. The van der Waals surface area contributed by atoms with Crippen LogP contribution in [-0.4, -0.2) is 35.6 Å². The number of para-hydroxylation sites is 1. The Hall–Kier alpha value is -0.580. The van der Waals surface area contributed by atoms with E-state index in [0.717, 1.165) is 53.4 Å². The zero-order chi connectivity index (χ0) is 14.1. The molecule has 1 aromatic heterocycles. The highest BCUT2D eigenvalue weighted by atomic mass is 35.5. The van der Waals surface area contributed by atoms with Crippen LogP contribution in [0.15, 0.2) is 24.3 Å². The van der Waals surface area contributed by atoms with Crippen LogP contribution in [0, 0.1) is 6.92 Å². The lowest BCUT2D eigenvalue weighted by Crippen LogP contribution is -2.49. The van der Waals surface area contributed by atoms with Crippen molar-refractivity contribution in [3.05, 3.63) is 40.5 Å². The molecule has 0 radical (unpaired) electrons. The predicted octanol–water partition coefficient (Wildman–Crippen LogP) is 3.83. The molecule has 3 rings (SSSR count). The van der Waals surface area contributed by atoms with Gasteiger partial charge in [0, 0.05) is 37.6 Å². The number of nitrogens with one attached hydrogen (secondary N) is 1. The molecule has 1 aliphatic heterocycles. The second-order valence-electron chi connectivity index (χ2n) is 5.54. The van der Waals surface area contributed by atoms with Crippen LogP contribution in [0.1, 0.15) is 18.2 Å². The van der Waals surface area contributed by atoms with E-state index in [-0.39, 0.29) is 24.8 Å². The summed E-state index contributed by atoms with van der Waals surface area (Å²) >= 11 is 6.53. The molecular weight excluding hydrogens is 341 g/mol. The van der Waals surface area contributed by atoms with E-state index in [4.69, 9.17) is 16.6 Å². The molecule has 6 heteroatoms. The molecule has 3 nitrogen and oxygen atoms in total. The van der Waals surface area contributed by atoms with Crippen molar-refractivity contribution in [2.75, 3.05) is 19.6 Å². The third kappa shape index (κ3) is 3.84. The molecule has 2 heterocycles. The van der Waals surface area contributed by atoms with Gasteiger partial charge in [0.05, 0.1) is 16.2 Å². The predicted molar refractivity (Wildman–Crippen MR) is 98.7 cm³/mol. The molecular formula is C16H22Cl3N3. The van der Waals surface area contributed by atoms with Gasteiger partial charge in [0.1, 0.15) is 0 Å². The van der Waals surface area contributed by atoms with Gasteiger partial charge in [0.25, 0.3) is 0 Å². The molecule has 1 atom stereocenters. The van der Waals surface area contributed by atoms with Gasteiger partial charge in [-0.25, -0.2) is 4.98 Å². The summed E-state index contributed by atoms with van der Waals surface area (Å²) in [7, 11) is 0. The number of pyridine rings is 1. The van der Waals surface area contributed by atoms with Gasteiger partial charge in [0.2, 0.25) is 0 Å². The average molecular weight is 363 g/mol. The maximum Gasteiger partial charge on any atom is 0.0740 e. The summed E-state index contributed by atoms with van der Waals surface area (Å²) in [5, 5.41) is 5.37. The van der Waals surface area contributed by atoms with Crippen LogP contribution in [0.2, 0.25) is 5.02 Å². The van der Waals surface area contributed by atoms with Crippen LogP contribution in [0.25, 0.3) is 10.9 Å². The van der Waals surface area contributed by atoms with E-state index >= 15 is 0 Å². The quantitative estimate of drug-likeness (QED) is 0.880. The van der Waals surface area contributed by atoms with Crippen molar-refractivity contribution in [3.8, 4) is 0 Å². The van der Waals surface area contributed by atoms with Crippen LogP contribution >= 0.6 is 36.4 Å². The molecule has 2 aromatic rings. The van der Waals surface area contributed by atoms with Crippen LogP contribution in [0.5, 0.6) is 0 Å². The first-order chi connectivity index (χ1) is 9.66. The first kappa shape index (κ1) is 19.5. The number of rotatable bonds is 2. The second-order valence-corrected chi connectivity index (χ2v) is 5.92. The highest BCUT2D eigenvalue weighted by Crippen LogP contribution is 2.28. The molecule has 0 saturated carbocycles. The molecule has 1 N–H and O–H groups in total. The Morgan fingerprint density at radius 2 is 2.05 bits per heavy atom. The van der Waals surface area contributed by atoms with Gasteiger partial charge < -0.3 is 5.32 Å². The average Bonchev–Trinajstić information content (AvgIpc) is 2.47. The normalized spacial score (nSPS) is 18.6. The van der Waals surface area contributed by atoms with Crippen molar-refractivity contribution in [1.29, 1.82) is 0 Å². The van der Waals surface area contributed by atoms with Crippen molar-refractivity contribution < 1.29 is 0 Å². The lowest BCUT2D eigenvalue weighted by Gasteiger charge is -2.33. The van der Waals surface area contributed by atoms with Gasteiger partial charge in [-0.3, -0.25) is 4.90 Å². The molecule has 122 valence electrons. The number of nitrogens with zero attached hydrogens (tertiary/aromatic N) is 2. The molecule has 0 bridgehead atoms. The van der Waals surface area contributed by atoms with Gasteiger partial charge in [-0.05, 0) is 25.5 Å². The number of hydrogen-bond acceptors (Lipinski definition) is 3. The summed E-state index contributed by atoms with van der Waals surface area (Å²) in [6.07, 6.45) is 0. The molecule has 1 saturated heterocycles. The van der Waals surface area contributed by atoms with Gasteiger partial charge in [-0.15, -0.1) is 24.8 Å². The number of benzene rings is 1. The van der Waals surface area contributed by atoms with E-state index in [0.29, 0.717) is 6.04 Å².